The lowest BCUT2D eigenvalue weighted by Gasteiger charge is -2.24. The molecule has 0 radical (unpaired) electrons. The lowest BCUT2D eigenvalue weighted by Crippen LogP contribution is -2.32. The average Bonchev–Trinajstić information content (AvgIpc) is 3.81. The van der Waals surface area contributed by atoms with Crippen LogP contribution in [0, 0.1) is 6.92 Å². The highest BCUT2D eigenvalue weighted by Crippen LogP contribution is 2.44. The molecule has 2 nitrogen and oxygen atoms in total. The van der Waals surface area contributed by atoms with Crippen LogP contribution in [0.5, 0.6) is 0 Å². The van der Waals surface area contributed by atoms with Crippen molar-refractivity contribution in [3.63, 3.8) is 0 Å². The van der Waals surface area contributed by atoms with Crippen LogP contribution in [-0.4, -0.2) is 9.13 Å². The van der Waals surface area contributed by atoms with Crippen molar-refractivity contribution in [1.29, 1.82) is 0 Å². The maximum absolute atomic E-state index is 4.22. The number of fused-ring (bicyclic) bond motifs is 2. The highest BCUT2D eigenvalue weighted by Gasteiger charge is 2.24. The van der Waals surface area contributed by atoms with Crippen molar-refractivity contribution < 1.29 is 0 Å². The van der Waals surface area contributed by atoms with E-state index in [0.717, 1.165) is 41.0 Å². The Morgan fingerprint density at radius 2 is 1.02 bits per heavy atom. The van der Waals surface area contributed by atoms with Crippen molar-refractivity contribution in [2.24, 2.45) is 0 Å². The van der Waals surface area contributed by atoms with E-state index < -0.39 is 0 Å². The van der Waals surface area contributed by atoms with Crippen LogP contribution in [0.15, 0.2) is 177 Å². The van der Waals surface area contributed by atoms with Gasteiger partial charge in [0, 0.05) is 34.2 Å². The second-order valence-corrected chi connectivity index (χ2v) is 15.8. The molecule has 62 heavy (non-hydrogen) atoms. The number of hydrogen-bond acceptors (Lipinski definition) is 0. The number of aromatic nitrogens is 2. The molecule has 0 N–H and O–H groups in total. The fourth-order valence-corrected chi connectivity index (χ4v) is 9.37. The summed E-state index contributed by atoms with van der Waals surface area (Å²) < 4.78 is 4.69. The van der Waals surface area contributed by atoms with Crippen LogP contribution in [0.3, 0.4) is 0 Å². The molecule has 1 aliphatic carbocycles. The van der Waals surface area contributed by atoms with Gasteiger partial charge >= 0.3 is 0 Å². The van der Waals surface area contributed by atoms with Crippen LogP contribution in [0.25, 0.3) is 103 Å². The van der Waals surface area contributed by atoms with E-state index in [1.807, 2.05) is 13.0 Å². The SMILES string of the molecule is C=Cc1c(/C=C\C)n(-c2ccc(-c3c(-c4ccc(-n5cc(/C=C\C=C/C)c(C)c5/C=C\C)cc4)c(-c4ccccc4)c4c(c3-c3ccccc3)=CCCC=4)cc2)c2ccccc12. The van der Waals surface area contributed by atoms with Gasteiger partial charge in [-0.25, -0.2) is 0 Å². The average molecular weight is 801 g/mol. The minimum absolute atomic E-state index is 1.00. The Morgan fingerprint density at radius 3 is 1.56 bits per heavy atom. The first kappa shape index (κ1) is 40.0. The number of allylic oxidation sites excluding steroid dienone is 5. The summed E-state index contributed by atoms with van der Waals surface area (Å²) in [5, 5.41) is 3.81. The van der Waals surface area contributed by atoms with E-state index in [-0.39, 0.29) is 0 Å². The fraction of sp³-hybridized carbons (Fsp3) is 0.100. The molecule has 0 amide bonds. The Labute approximate surface area is 366 Å². The standard InChI is InChI=1S/C60H52N2/c1-6-10-13-28-47-41-61(54(22-7-2)42(47)5)48-37-33-45(34-38-48)59-57(43-24-14-11-15-25-43)52-30-18-19-31-53(52)58(44-26-16-12-17-27-44)60(59)46-35-39-49(40-36-46)62-55(23-8-3)50(9-4)51-29-20-21-32-56(51)62/h6-17,20-41H,4,18-19H2,1-3,5H3/b10-6-,22-7-,23-8-,28-13-. The van der Waals surface area contributed by atoms with Crippen molar-refractivity contribution in [2.75, 3.05) is 0 Å². The highest BCUT2D eigenvalue weighted by molar-refractivity contribution is 6.03. The summed E-state index contributed by atoms with van der Waals surface area (Å²) in [6, 6.07) is 49.1. The van der Waals surface area contributed by atoms with Gasteiger partial charge in [-0.3, -0.25) is 0 Å². The molecule has 0 unspecified atom stereocenters. The molecule has 0 atom stereocenters. The van der Waals surface area contributed by atoms with E-state index in [2.05, 4.69) is 237 Å². The molecular weight excluding hydrogens is 749 g/mol. The van der Waals surface area contributed by atoms with Crippen molar-refractivity contribution >= 4 is 47.4 Å². The molecule has 0 bridgehead atoms. The lowest BCUT2D eigenvalue weighted by atomic mass is 9.79. The smallest absolute Gasteiger partial charge is 0.0541 e. The van der Waals surface area contributed by atoms with Crippen molar-refractivity contribution in [3.8, 4) is 55.9 Å². The van der Waals surface area contributed by atoms with Gasteiger partial charge in [0.25, 0.3) is 0 Å². The van der Waals surface area contributed by atoms with Crippen LogP contribution in [0.2, 0.25) is 0 Å². The zero-order chi connectivity index (χ0) is 42.6. The largest absolute Gasteiger partial charge is 0.316 e. The molecule has 2 heterocycles. The summed E-state index contributed by atoms with van der Waals surface area (Å²) in [6.45, 7) is 12.6. The van der Waals surface area contributed by atoms with E-state index in [1.165, 1.54) is 77.2 Å². The summed E-state index contributed by atoms with van der Waals surface area (Å²) in [7, 11) is 0. The Balaban J connectivity index is 1.33. The Hall–Kier alpha value is -7.42. The molecule has 2 heteroatoms. The Morgan fingerprint density at radius 1 is 0.500 bits per heavy atom. The maximum atomic E-state index is 4.22. The second-order valence-electron chi connectivity index (χ2n) is 15.8. The molecule has 8 aromatic rings. The monoisotopic (exact) mass is 800 g/mol. The van der Waals surface area contributed by atoms with Gasteiger partial charge < -0.3 is 9.13 Å². The summed E-state index contributed by atoms with van der Waals surface area (Å²) in [6.07, 6.45) is 28.3. The number of rotatable bonds is 11. The molecule has 0 spiro atoms. The van der Waals surface area contributed by atoms with E-state index in [0.29, 0.717) is 0 Å². The first-order valence-corrected chi connectivity index (χ1v) is 21.8. The van der Waals surface area contributed by atoms with Crippen molar-refractivity contribution in [2.45, 2.75) is 40.5 Å². The quantitative estimate of drug-likeness (QED) is 0.115. The normalized spacial score (nSPS) is 12.8. The van der Waals surface area contributed by atoms with Gasteiger partial charge in [-0.15, -0.1) is 0 Å². The molecule has 6 aromatic carbocycles. The maximum Gasteiger partial charge on any atom is 0.0541 e. The summed E-state index contributed by atoms with van der Waals surface area (Å²) in [5.74, 6) is 0. The van der Waals surface area contributed by atoms with Gasteiger partial charge in [-0.1, -0.05) is 164 Å². The zero-order valence-electron chi connectivity index (χ0n) is 36.1. The summed E-state index contributed by atoms with van der Waals surface area (Å²) >= 11 is 0. The van der Waals surface area contributed by atoms with Crippen LogP contribution in [-0.2, 0) is 0 Å². The summed E-state index contributed by atoms with van der Waals surface area (Å²) in [5.41, 5.74) is 19.1. The van der Waals surface area contributed by atoms with Crippen molar-refractivity contribution in [3.05, 3.63) is 215 Å². The summed E-state index contributed by atoms with van der Waals surface area (Å²) in [4.78, 5) is 0. The van der Waals surface area contributed by atoms with E-state index >= 15 is 0 Å². The molecule has 2 aromatic heterocycles. The first-order chi connectivity index (χ1) is 30.6. The number of benzene rings is 6. The van der Waals surface area contributed by atoms with Gasteiger partial charge in [-0.2, -0.15) is 0 Å². The predicted octanol–water partition coefficient (Wildman–Crippen LogP) is 15.1. The topological polar surface area (TPSA) is 9.86 Å². The van der Waals surface area contributed by atoms with Crippen LogP contribution >= 0.6 is 0 Å². The minimum Gasteiger partial charge on any atom is -0.316 e. The molecule has 302 valence electrons. The number of hydrogen-bond donors (Lipinski definition) is 0. The third-order valence-electron chi connectivity index (χ3n) is 12.1. The third kappa shape index (κ3) is 7.18. The molecule has 0 fully saturated rings. The molecular formula is C60H52N2. The number of nitrogens with zero attached hydrogens (tertiary/aromatic N) is 2. The highest BCUT2D eigenvalue weighted by atomic mass is 15.0. The fourth-order valence-electron chi connectivity index (χ4n) is 9.37. The Kier molecular flexibility index (Phi) is 11.4. The Bertz CT molecular complexity index is 3180. The van der Waals surface area contributed by atoms with E-state index in [1.54, 1.807) is 0 Å². The van der Waals surface area contributed by atoms with Crippen LogP contribution in [0.1, 0.15) is 61.7 Å². The van der Waals surface area contributed by atoms with E-state index in [4.69, 9.17) is 0 Å². The molecule has 9 rings (SSSR count). The van der Waals surface area contributed by atoms with E-state index in [9.17, 15) is 0 Å². The molecule has 1 aliphatic rings. The lowest BCUT2D eigenvalue weighted by molar-refractivity contribution is 1.06. The minimum atomic E-state index is 1.00. The molecule has 0 aliphatic heterocycles. The van der Waals surface area contributed by atoms with Gasteiger partial charge in [0.15, 0.2) is 0 Å². The van der Waals surface area contributed by atoms with Crippen LogP contribution < -0.4 is 10.4 Å². The van der Waals surface area contributed by atoms with Gasteiger partial charge in [0.2, 0.25) is 0 Å². The van der Waals surface area contributed by atoms with Gasteiger partial charge in [-0.05, 0) is 149 Å². The molecule has 0 saturated heterocycles. The predicted molar refractivity (Wildman–Crippen MR) is 270 cm³/mol. The second kappa shape index (κ2) is 17.7. The first-order valence-electron chi connectivity index (χ1n) is 21.8. The zero-order valence-corrected chi connectivity index (χ0v) is 36.1. The van der Waals surface area contributed by atoms with Gasteiger partial charge in [0.1, 0.15) is 0 Å². The molecule has 0 saturated carbocycles. The van der Waals surface area contributed by atoms with Crippen LogP contribution in [0.4, 0.5) is 0 Å². The van der Waals surface area contributed by atoms with Gasteiger partial charge in [0.05, 0.1) is 11.2 Å². The number of para-hydroxylation sites is 1. The van der Waals surface area contributed by atoms with Crippen molar-refractivity contribution in [1.82, 2.24) is 9.13 Å². The third-order valence-corrected chi connectivity index (χ3v) is 12.1.